The second-order valence-electron chi connectivity index (χ2n) is 8.84. The van der Waals surface area contributed by atoms with Crippen LogP contribution >= 0.6 is 31.9 Å². The SMILES string of the molecule is COc1ccc(C2(c3ccc(OC)cc3)C(=C(Br)Br)C23C(C)(C)C3(C)C)cc1. The van der Waals surface area contributed by atoms with E-state index >= 15 is 0 Å². The Morgan fingerprint density at radius 1 is 0.679 bits per heavy atom. The lowest BCUT2D eigenvalue weighted by Crippen LogP contribution is -2.16. The van der Waals surface area contributed by atoms with Crippen molar-refractivity contribution in [1.82, 2.24) is 0 Å². The molecule has 0 heterocycles. The fourth-order valence-electron chi connectivity index (χ4n) is 6.14. The average Bonchev–Trinajstić information content (AvgIpc) is 3.45. The summed E-state index contributed by atoms with van der Waals surface area (Å²) < 4.78 is 11.9. The second-order valence-corrected chi connectivity index (χ2v) is 11.5. The van der Waals surface area contributed by atoms with Crippen molar-refractivity contribution in [1.29, 1.82) is 0 Å². The quantitative estimate of drug-likeness (QED) is 0.442. The lowest BCUT2D eigenvalue weighted by atomic mass is 9.82. The van der Waals surface area contributed by atoms with Gasteiger partial charge < -0.3 is 9.47 Å². The molecule has 148 valence electrons. The van der Waals surface area contributed by atoms with Crippen LogP contribution in [0.5, 0.6) is 11.5 Å². The number of halogens is 2. The average molecular weight is 506 g/mol. The summed E-state index contributed by atoms with van der Waals surface area (Å²) in [5, 5.41) is 0. The van der Waals surface area contributed by atoms with Gasteiger partial charge in [-0.25, -0.2) is 0 Å². The molecule has 2 saturated carbocycles. The van der Waals surface area contributed by atoms with Crippen molar-refractivity contribution in [3.05, 3.63) is 68.6 Å². The topological polar surface area (TPSA) is 18.5 Å². The molecule has 0 aromatic heterocycles. The smallest absolute Gasteiger partial charge is 0.118 e. The standard InChI is InChI=1S/C24H26Br2O2/c1-21(2)22(3,4)24(21)19(20(25)26)23(24,15-7-11-17(27-5)12-8-15)16-9-13-18(28-6)14-10-16/h7-14H,1-6H3. The van der Waals surface area contributed by atoms with Gasteiger partial charge in [0.15, 0.2) is 0 Å². The molecule has 4 heteroatoms. The van der Waals surface area contributed by atoms with E-state index in [1.54, 1.807) is 14.2 Å². The first-order valence-electron chi connectivity index (χ1n) is 9.50. The molecule has 2 aliphatic rings. The highest BCUT2D eigenvalue weighted by Gasteiger charge is 2.97. The van der Waals surface area contributed by atoms with Crippen LogP contribution in [0.4, 0.5) is 0 Å². The maximum atomic E-state index is 5.41. The van der Waals surface area contributed by atoms with E-state index in [4.69, 9.17) is 9.47 Å². The van der Waals surface area contributed by atoms with Crippen LogP contribution in [0, 0.1) is 16.2 Å². The molecule has 2 aromatic carbocycles. The molecule has 2 nitrogen and oxygen atoms in total. The number of ether oxygens (including phenoxy) is 2. The van der Waals surface area contributed by atoms with Gasteiger partial charge in [0.25, 0.3) is 0 Å². The first-order chi connectivity index (χ1) is 13.1. The minimum atomic E-state index is -0.194. The van der Waals surface area contributed by atoms with Crippen molar-refractivity contribution >= 4 is 31.9 Å². The van der Waals surface area contributed by atoms with Crippen LogP contribution in [0.3, 0.4) is 0 Å². The third kappa shape index (κ3) is 2.04. The summed E-state index contributed by atoms with van der Waals surface area (Å²) in [6.07, 6.45) is 0. The molecule has 0 atom stereocenters. The Labute approximate surface area is 184 Å². The predicted octanol–water partition coefficient (Wildman–Crippen LogP) is 7.06. The van der Waals surface area contributed by atoms with E-state index in [2.05, 4.69) is 108 Å². The number of rotatable bonds is 4. The normalized spacial score (nSPS) is 21.9. The minimum absolute atomic E-state index is 0.0402. The predicted molar refractivity (Wildman–Crippen MR) is 122 cm³/mol. The fourth-order valence-corrected chi connectivity index (χ4v) is 7.32. The monoisotopic (exact) mass is 504 g/mol. The molecule has 0 radical (unpaired) electrons. The number of allylic oxidation sites excluding steroid dienone is 1. The lowest BCUT2D eigenvalue weighted by Gasteiger charge is -2.21. The molecule has 0 unspecified atom stereocenters. The molecule has 0 saturated heterocycles. The van der Waals surface area contributed by atoms with Crippen molar-refractivity contribution < 1.29 is 9.47 Å². The molecular formula is C24H26Br2O2. The Morgan fingerprint density at radius 2 is 1.04 bits per heavy atom. The van der Waals surface area contributed by atoms with Gasteiger partial charge >= 0.3 is 0 Å². The van der Waals surface area contributed by atoms with Crippen LogP contribution in [-0.4, -0.2) is 14.2 Å². The maximum Gasteiger partial charge on any atom is 0.118 e. The minimum Gasteiger partial charge on any atom is -0.497 e. The van der Waals surface area contributed by atoms with Crippen LogP contribution in [0.2, 0.25) is 0 Å². The molecule has 0 amide bonds. The molecule has 4 rings (SSSR count). The number of hydrogen-bond donors (Lipinski definition) is 0. The molecule has 2 aliphatic carbocycles. The van der Waals surface area contributed by atoms with E-state index in [1.807, 2.05) is 0 Å². The van der Waals surface area contributed by atoms with Gasteiger partial charge in [0.05, 0.1) is 23.0 Å². The van der Waals surface area contributed by atoms with Crippen molar-refractivity contribution in [2.45, 2.75) is 33.1 Å². The first-order valence-corrected chi connectivity index (χ1v) is 11.1. The van der Waals surface area contributed by atoms with Crippen molar-refractivity contribution in [2.75, 3.05) is 14.2 Å². The summed E-state index contributed by atoms with van der Waals surface area (Å²) in [5.74, 6) is 1.75. The Balaban J connectivity index is 2.02. The highest BCUT2D eigenvalue weighted by molar-refractivity contribution is 9.28. The maximum absolute atomic E-state index is 5.41. The summed E-state index contributed by atoms with van der Waals surface area (Å²) in [6.45, 7) is 9.57. The van der Waals surface area contributed by atoms with Gasteiger partial charge in [-0.15, -0.1) is 0 Å². The van der Waals surface area contributed by atoms with E-state index in [0.29, 0.717) is 0 Å². The van der Waals surface area contributed by atoms with Crippen LogP contribution in [0.1, 0.15) is 38.8 Å². The first kappa shape index (κ1) is 20.0. The number of methoxy groups -OCH3 is 2. The van der Waals surface area contributed by atoms with E-state index in [9.17, 15) is 0 Å². The lowest BCUT2D eigenvalue weighted by molar-refractivity contribution is 0.414. The second kappa shape index (κ2) is 6.12. The van der Waals surface area contributed by atoms with Crippen molar-refractivity contribution in [3.63, 3.8) is 0 Å². The zero-order valence-electron chi connectivity index (χ0n) is 17.2. The zero-order valence-corrected chi connectivity index (χ0v) is 20.4. The van der Waals surface area contributed by atoms with Gasteiger partial charge in [0.1, 0.15) is 11.5 Å². The summed E-state index contributed by atoms with van der Waals surface area (Å²) in [7, 11) is 3.42. The van der Waals surface area contributed by atoms with Gasteiger partial charge in [-0.3, -0.25) is 0 Å². The van der Waals surface area contributed by atoms with Crippen molar-refractivity contribution in [3.8, 4) is 11.5 Å². The summed E-state index contributed by atoms with van der Waals surface area (Å²) in [4.78, 5) is 0. The largest absolute Gasteiger partial charge is 0.497 e. The Morgan fingerprint density at radius 3 is 1.25 bits per heavy atom. The van der Waals surface area contributed by atoms with Crippen LogP contribution in [0.25, 0.3) is 0 Å². The third-order valence-electron chi connectivity index (χ3n) is 7.86. The Bertz CT molecular complexity index is 888. The van der Waals surface area contributed by atoms with E-state index in [1.165, 1.54) is 16.7 Å². The molecule has 0 N–H and O–H groups in total. The van der Waals surface area contributed by atoms with Crippen LogP contribution < -0.4 is 9.47 Å². The van der Waals surface area contributed by atoms with E-state index in [-0.39, 0.29) is 21.7 Å². The summed E-state index contributed by atoms with van der Waals surface area (Å²) >= 11 is 7.59. The van der Waals surface area contributed by atoms with Gasteiger partial charge in [-0.05, 0) is 83.7 Å². The third-order valence-corrected chi connectivity index (χ3v) is 8.65. The molecule has 2 aromatic rings. The van der Waals surface area contributed by atoms with Gasteiger partial charge in [0, 0.05) is 5.41 Å². The van der Waals surface area contributed by atoms with Gasteiger partial charge in [-0.1, -0.05) is 52.0 Å². The molecule has 28 heavy (non-hydrogen) atoms. The summed E-state index contributed by atoms with van der Waals surface area (Å²) in [6, 6.07) is 17.1. The van der Waals surface area contributed by atoms with Crippen LogP contribution in [-0.2, 0) is 5.41 Å². The van der Waals surface area contributed by atoms with E-state index in [0.717, 1.165) is 14.9 Å². The number of benzene rings is 2. The molecular weight excluding hydrogens is 480 g/mol. The Kier molecular flexibility index (Phi) is 4.38. The van der Waals surface area contributed by atoms with Gasteiger partial charge in [0.2, 0.25) is 0 Å². The molecule has 1 spiro atoms. The van der Waals surface area contributed by atoms with E-state index < -0.39 is 0 Å². The number of hydrogen-bond acceptors (Lipinski definition) is 2. The highest BCUT2D eigenvalue weighted by atomic mass is 79.9. The van der Waals surface area contributed by atoms with Crippen LogP contribution in [0.15, 0.2) is 57.5 Å². The fraction of sp³-hybridized carbons (Fsp3) is 0.417. The molecule has 2 fully saturated rings. The Hall–Kier alpha value is -1.26. The molecule has 0 bridgehead atoms. The summed E-state index contributed by atoms with van der Waals surface area (Å²) in [5.41, 5.74) is 4.17. The highest BCUT2D eigenvalue weighted by Crippen LogP contribution is 3.00. The molecule has 0 aliphatic heterocycles. The zero-order chi connectivity index (χ0) is 20.5. The van der Waals surface area contributed by atoms with Gasteiger partial charge in [-0.2, -0.15) is 0 Å². The van der Waals surface area contributed by atoms with Crippen molar-refractivity contribution in [2.24, 2.45) is 16.2 Å².